The first-order valence-corrected chi connectivity index (χ1v) is 21.1. The van der Waals surface area contributed by atoms with E-state index < -0.39 is 8.32 Å². The van der Waals surface area contributed by atoms with Crippen LogP contribution in [0.2, 0.25) is 5.04 Å². The van der Waals surface area contributed by atoms with Crippen molar-refractivity contribution < 1.29 is 33.0 Å². The van der Waals surface area contributed by atoms with Gasteiger partial charge in [-0.3, -0.25) is 19.3 Å². The Balaban J connectivity index is 2.24. The number of carbonyl (C=O) groups excluding carboxylic acids is 3. The van der Waals surface area contributed by atoms with Crippen LogP contribution < -0.4 is 10.4 Å². The number of benzene rings is 2. The molecule has 0 aliphatic heterocycles. The van der Waals surface area contributed by atoms with Crippen LogP contribution in [0.3, 0.4) is 0 Å². The SMILES string of the molecule is CCCCOC(=O)CCN(CCO[Si](c1ccccc1)(c1ccccc1)C(C)(C)C)CCN(CCC(=O)OCCCC)CCC(=O)OCCCC. The van der Waals surface area contributed by atoms with Gasteiger partial charge in [0, 0.05) is 45.9 Å². The Kier molecular flexibility index (Phi) is 21.6. The lowest BCUT2D eigenvalue weighted by molar-refractivity contribution is -0.145. The molecule has 0 bridgehead atoms. The number of hydrogen-bond donors (Lipinski definition) is 0. The number of esters is 3. The summed E-state index contributed by atoms with van der Waals surface area (Å²) in [5.74, 6) is -0.670. The molecule has 0 fully saturated rings. The van der Waals surface area contributed by atoms with E-state index in [-0.39, 0.29) is 42.2 Å². The Hall–Kier alpha value is -3.05. The van der Waals surface area contributed by atoms with E-state index in [4.69, 9.17) is 18.6 Å². The maximum atomic E-state index is 12.7. The molecule has 0 aromatic heterocycles. The smallest absolute Gasteiger partial charge is 0.307 e. The molecule has 0 N–H and O–H groups in total. The minimum absolute atomic E-state index is 0.155. The van der Waals surface area contributed by atoms with E-state index in [0.717, 1.165) is 38.5 Å². The number of ether oxygens (including phenoxy) is 3. The third kappa shape index (κ3) is 16.4. The van der Waals surface area contributed by atoms with Gasteiger partial charge in [0.25, 0.3) is 8.32 Å². The van der Waals surface area contributed by atoms with E-state index in [1.165, 1.54) is 10.4 Å². The molecule has 0 spiro atoms. The fraction of sp³-hybridized carbons (Fsp3) is 0.634. The number of rotatable bonds is 27. The van der Waals surface area contributed by atoms with Gasteiger partial charge in [0.1, 0.15) is 0 Å². The highest BCUT2D eigenvalue weighted by Gasteiger charge is 2.50. The summed E-state index contributed by atoms with van der Waals surface area (Å²) in [6.07, 6.45) is 6.17. The number of nitrogens with zero attached hydrogens (tertiary/aromatic N) is 2. The summed E-state index contributed by atoms with van der Waals surface area (Å²) >= 11 is 0. The van der Waals surface area contributed by atoms with Gasteiger partial charge in [0.15, 0.2) is 0 Å². The first-order valence-electron chi connectivity index (χ1n) is 19.2. The quantitative estimate of drug-likeness (QED) is 0.0451. The number of carbonyl (C=O) groups is 3. The number of hydrogen-bond acceptors (Lipinski definition) is 9. The van der Waals surface area contributed by atoms with Gasteiger partial charge in [0.2, 0.25) is 0 Å². The molecule has 0 unspecified atom stereocenters. The lowest BCUT2D eigenvalue weighted by Crippen LogP contribution is -2.67. The van der Waals surface area contributed by atoms with Gasteiger partial charge in [-0.2, -0.15) is 0 Å². The summed E-state index contributed by atoms with van der Waals surface area (Å²) < 4.78 is 23.5. The molecule has 51 heavy (non-hydrogen) atoms. The first kappa shape index (κ1) is 44.1. The molecule has 2 aromatic carbocycles. The highest BCUT2D eigenvalue weighted by molar-refractivity contribution is 6.99. The predicted octanol–water partition coefficient (Wildman–Crippen LogP) is 6.37. The maximum Gasteiger partial charge on any atom is 0.307 e. The Bertz CT molecular complexity index is 1170. The van der Waals surface area contributed by atoms with Crippen LogP contribution in [0.4, 0.5) is 0 Å². The van der Waals surface area contributed by atoms with E-state index in [1.54, 1.807) is 0 Å². The van der Waals surface area contributed by atoms with E-state index in [2.05, 4.69) is 99.9 Å². The third-order valence-corrected chi connectivity index (χ3v) is 14.1. The topological polar surface area (TPSA) is 94.6 Å². The van der Waals surface area contributed by atoms with Crippen molar-refractivity contribution in [1.29, 1.82) is 0 Å². The number of unbranched alkanes of at least 4 members (excludes halogenated alkanes) is 3. The Labute approximate surface area is 309 Å². The molecule has 0 aliphatic rings. The molecule has 0 aliphatic carbocycles. The van der Waals surface area contributed by atoms with Crippen LogP contribution in [0.5, 0.6) is 0 Å². The van der Waals surface area contributed by atoms with Gasteiger partial charge in [-0.15, -0.1) is 0 Å². The average Bonchev–Trinajstić information content (AvgIpc) is 3.12. The van der Waals surface area contributed by atoms with Crippen molar-refractivity contribution in [2.45, 2.75) is 104 Å². The van der Waals surface area contributed by atoms with Gasteiger partial charge in [-0.25, -0.2) is 0 Å². The van der Waals surface area contributed by atoms with Gasteiger partial charge < -0.3 is 23.5 Å². The van der Waals surface area contributed by atoms with Crippen LogP contribution in [0.1, 0.15) is 99.3 Å². The molecule has 0 amide bonds. The highest BCUT2D eigenvalue weighted by atomic mass is 28.4. The van der Waals surface area contributed by atoms with Gasteiger partial charge >= 0.3 is 17.9 Å². The lowest BCUT2D eigenvalue weighted by atomic mass is 10.2. The molecule has 0 saturated carbocycles. The zero-order chi connectivity index (χ0) is 37.4. The second kappa shape index (κ2) is 25.0. The first-order chi connectivity index (χ1) is 24.6. The monoisotopic (exact) mass is 726 g/mol. The van der Waals surface area contributed by atoms with Gasteiger partial charge in [0.05, 0.1) is 39.1 Å². The van der Waals surface area contributed by atoms with Crippen molar-refractivity contribution in [1.82, 2.24) is 9.80 Å². The molecular weight excluding hydrogens is 661 g/mol. The van der Waals surface area contributed by atoms with Crippen molar-refractivity contribution in [2.24, 2.45) is 0 Å². The van der Waals surface area contributed by atoms with E-state index in [9.17, 15) is 14.4 Å². The molecule has 0 saturated heterocycles. The normalized spacial score (nSPS) is 11.9. The molecule has 10 heteroatoms. The van der Waals surface area contributed by atoms with Crippen molar-refractivity contribution in [3.8, 4) is 0 Å². The van der Waals surface area contributed by atoms with Crippen LogP contribution in [0.15, 0.2) is 60.7 Å². The van der Waals surface area contributed by atoms with Crippen LogP contribution in [-0.4, -0.2) is 102 Å². The summed E-state index contributed by atoms with van der Waals surface area (Å²) in [5, 5.41) is 2.29. The van der Waals surface area contributed by atoms with Crippen LogP contribution in [0.25, 0.3) is 0 Å². The largest absolute Gasteiger partial charge is 0.466 e. The van der Waals surface area contributed by atoms with Crippen molar-refractivity contribution in [2.75, 3.05) is 65.7 Å². The Morgan fingerprint density at radius 1 is 0.529 bits per heavy atom. The zero-order valence-electron chi connectivity index (χ0n) is 32.5. The minimum atomic E-state index is -2.74. The zero-order valence-corrected chi connectivity index (χ0v) is 33.5. The predicted molar refractivity (Wildman–Crippen MR) is 208 cm³/mol. The Morgan fingerprint density at radius 3 is 1.22 bits per heavy atom. The molecule has 286 valence electrons. The molecule has 0 radical (unpaired) electrons. The van der Waals surface area contributed by atoms with Gasteiger partial charge in [-0.05, 0) is 34.7 Å². The summed E-state index contributed by atoms with van der Waals surface area (Å²) in [4.78, 5) is 42.0. The summed E-state index contributed by atoms with van der Waals surface area (Å²) in [5.41, 5.74) is 0. The fourth-order valence-electron chi connectivity index (χ4n) is 6.00. The van der Waals surface area contributed by atoms with Crippen molar-refractivity contribution in [3.63, 3.8) is 0 Å². The second-order valence-corrected chi connectivity index (χ2v) is 18.5. The van der Waals surface area contributed by atoms with E-state index in [1.807, 2.05) is 12.1 Å². The third-order valence-electron chi connectivity index (χ3n) is 9.05. The van der Waals surface area contributed by atoms with Gasteiger partial charge in [-0.1, -0.05) is 121 Å². The maximum absolute atomic E-state index is 12.7. The van der Waals surface area contributed by atoms with E-state index in [0.29, 0.717) is 65.7 Å². The Morgan fingerprint density at radius 2 is 0.882 bits per heavy atom. The van der Waals surface area contributed by atoms with E-state index >= 15 is 0 Å². The lowest BCUT2D eigenvalue weighted by Gasteiger charge is -2.43. The summed E-state index contributed by atoms with van der Waals surface area (Å²) in [6, 6.07) is 21.2. The standard InChI is InChI=1S/C41H66N2O7Si/c1-7-10-32-47-38(44)23-26-42(27-24-39(45)48-33-11-8-2)29-30-43(28-25-40(46)49-34-12-9-3)31-35-50-51(41(4,5)6,36-19-15-13-16-20-36)37-21-17-14-18-22-37/h13-22H,7-12,23-35H2,1-6H3. The van der Waals surface area contributed by atoms with Crippen LogP contribution in [0, 0.1) is 0 Å². The van der Waals surface area contributed by atoms with Crippen LogP contribution in [-0.2, 0) is 33.0 Å². The highest BCUT2D eigenvalue weighted by Crippen LogP contribution is 2.36. The van der Waals surface area contributed by atoms with Crippen molar-refractivity contribution >= 4 is 36.6 Å². The van der Waals surface area contributed by atoms with Crippen LogP contribution >= 0.6 is 0 Å². The molecule has 2 rings (SSSR count). The molecule has 2 aromatic rings. The van der Waals surface area contributed by atoms with Crippen molar-refractivity contribution in [3.05, 3.63) is 60.7 Å². The average molecular weight is 727 g/mol. The fourth-order valence-corrected chi connectivity index (χ4v) is 10.6. The molecular formula is C41H66N2O7Si. The summed E-state index contributed by atoms with van der Waals surface area (Å²) in [7, 11) is -2.74. The molecule has 0 heterocycles. The second-order valence-electron chi connectivity index (χ2n) is 14.2. The molecule has 9 nitrogen and oxygen atoms in total. The minimum Gasteiger partial charge on any atom is -0.466 e. The summed E-state index contributed by atoms with van der Waals surface area (Å²) in [6.45, 7) is 18.0. The molecule has 0 atom stereocenters.